The Kier molecular flexibility index (Phi) is 7.19. The molecule has 1 aliphatic carbocycles. The highest BCUT2D eigenvalue weighted by Gasteiger charge is 2.20. The summed E-state index contributed by atoms with van der Waals surface area (Å²) in [6.45, 7) is 3.30. The van der Waals surface area contributed by atoms with Crippen LogP contribution in [-0.2, 0) is 16.1 Å². The third-order valence-corrected chi connectivity index (χ3v) is 3.18. The number of benzene rings is 1. The van der Waals surface area contributed by atoms with E-state index in [0.717, 1.165) is 23.7 Å². The maximum Gasteiger partial charge on any atom is 0.234 e. The Morgan fingerprint density at radius 2 is 1.86 bits per heavy atom. The summed E-state index contributed by atoms with van der Waals surface area (Å²) >= 11 is 0. The molecule has 5 nitrogen and oxygen atoms in total. The van der Waals surface area contributed by atoms with E-state index in [1.54, 1.807) is 0 Å². The van der Waals surface area contributed by atoms with Crippen LogP contribution in [0.5, 0.6) is 0 Å². The maximum atomic E-state index is 11.6. The standard InChI is InChI=1S/C15H21N3O2.ClH/c1-11(19)18-14-6-4-13(5-7-14)9-17-15(20)10-16-8-12-2-3-12;/h4-7,12,16H,2-3,8-10H2,1H3,(H,17,20)(H,18,19);1H. The van der Waals surface area contributed by atoms with Crippen LogP contribution in [0.3, 0.4) is 0 Å². The van der Waals surface area contributed by atoms with Crippen molar-refractivity contribution in [1.82, 2.24) is 10.6 Å². The highest BCUT2D eigenvalue weighted by atomic mass is 35.5. The summed E-state index contributed by atoms with van der Waals surface area (Å²) in [5.74, 6) is 0.702. The Morgan fingerprint density at radius 3 is 2.43 bits per heavy atom. The molecule has 1 aromatic rings. The number of carbonyl (C=O) groups excluding carboxylic acids is 2. The lowest BCUT2D eigenvalue weighted by Gasteiger charge is -2.07. The Labute approximate surface area is 131 Å². The predicted molar refractivity (Wildman–Crippen MR) is 85.4 cm³/mol. The number of anilines is 1. The minimum Gasteiger partial charge on any atom is -0.351 e. The van der Waals surface area contributed by atoms with Crippen molar-refractivity contribution >= 4 is 29.9 Å². The van der Waals surface area contributed by atoms with Crippen LogP contribution in [0.4, 0.5) is 5.69 Å². The van der Waals surface area contributed by atoms with Crippen LogP contribution in [0.25, 0.3) is 0 Å². The second-order valence-electron chi connectivity index (χ2n) is 5.23. The fraction of sp³-hybridized carbons (Fsp3) is 0.467. The van der Waals surface area contributed by atoms with Gasteiger partial charge in [0.25, 0.3) is 0 Å². The third kappa shape index (κ3) is 7.11. The monoisotopic (exact) mass is 311 g/mol. The number of carbonyl (C=O) groups is 2. The van der Waals surface area contributed by atoms with Gasteiger partial charge in [-0.15, -0.1) is 12.4 Å². The fourth-order valence-electron chi connectivity index (χ4n) is 1.88. The molecule has 1 saturated carbocycles. The largest absolute Gasteiger partial charge is 0.351 e. The zero-order valence-electron chi connectivity index (χ0n) is 12.1. The van der Waals surface area contributed by atoms with Gasteiger partial charge in [-0.05, 0) is 43.0 Å². The van der Waals surface area contributed by atoms with Gasteiger partial charge in [-0.2, -0.15) is 0 Å². The van der Waals surface area contributed by atoms with Crippen molar-refractivity contribution in [2.24, 2.45) is 5.92 Å². The van der Waals surface area contributed by atoms with Crippen molar-refractivity contribution in [3.63, 3.8) is 0 Å². The summed E-state index contributed by atoms with van der Waals surface area (Å²) in [6, 6.07) is 7.44. The third-order valence-electron chi connectivity index (χ3n) is 3.18. The molecule has 1 fully saturated rings. The Bertz CT molecular complexity index is 472. The topological polar surface area (TPSA) is 70.2 Å². The lowest BCUT2D eigenvalue weighted by Crippen LogP contribution is -2.34. The van der Waals surface area contributed by atoms with Gasteiger partial charge in [0.1, 0.15) is 0 Å². The summed E-state index contributed by atoms with van der Waals surface area (Å²) in [7, 11) is 0. The molecule has 0 spiro atoms. The van der Waals surface area contributed by atoms with Crippen LogP contribution in [0.15, 0.2) is 24.3 Å². The molecule has 2 rings (SSSR count). The molecule has 6 heteroatoms. The Morgan fingerprint density at radius 1 is 1.19 bits per heavy atom. The highest BCUT2D eigenvalue weighted by Crippen LogP contribution is 2.27. The van der Waals surface area contributed by atoms with Gasteiger partial charge in [-0.1, -0.05) is 12.1 Å². The van der Waals surface area contributed by atoms with Crippen LogP contribution in [0.2, 0.25) is 0 Å². The number of amides is 2. The van der Waals surface area contributed by atoms with Gasteiger partial charge < -0.3 is 16.0 Å². The van der Waals surface area contributed by atoms with Gasteiger partial charge in [0.15, 0.2) is 0 Å². The molecule has 1 aliphatic rings. The summed E-state index contributed by atoms with van der Waals surface area (Å²) in [5.41, 5.74) is 1.77. The van der Waals surface area contributed by atoms with Crippen LogP contribution < -0.4 is 16.0 Å². The van der Waals surface area contributed by atoms with Gasteiger partial charge in [0.05, 0.1) is 6.54 Å². The molecule has 0 aromatic heterocycles. The van der Waals surface area contributed by atoms with E-state index < -0.39 is 0 Å². The molecule has 3 N–H and O–H groups in total. The first kappa shape index (κ1) is 17.5. The lowest BCUT2D eigenvalue weighted by molar-refractivity contribution is -0.120. The number of hydrogen-bond acceptors (Lipinski definition) is 3. The van der Waals surface area contributed by atoms with Gasteiger partial charge >= 0.3 is 0 Å². The van der Waals surface area contributed by atoms with E-state index >= 15 is 0 Å². The average molecular weight is 312 g/mol. The number of halogens is 1. The molecule has 2 amide bonds. The zero-order chi connectivity index (χ0) is 14.4. The average Bonchev–Trinajstić information content (AvgIpc) is 3.21. The fourth-order valence-corrected chi connectivity index (χ4v) is 1.88. The normalized spacial score (nSPS) is 13.2. The minimum absolute atomic E-state index is 0. The molecule has 0 unspecified atom stereocenters. The molecule has 0 aliphatic heterocycles. The smallest absolute Gasteiger partial charge is 0.234 e. The maximum absolute atomic E-state index is 11.6. The van der Waals surface area contributed by atoms with Crippen LogP contribution >= 0.6 is 12.4 Å². The first-order valence-electron chi connectivity index (χ1n) is 6.97. The van der Waals surface area contributed by atoms with Gasteiger partial charge in [0, 0.05) is 19.2 Å². The van der Waals surface area contributed by atoms with Crippen molar-refractivity contribution < 1.29 is 9.59 Å². The predicted octanol–water partition coefficient (Wildman–Crippen LogP) is 1.68. The van der Waals surface area contributed by atoms with E-state index in [2.05, 4.69) is 16.0 Å². The summed E-state index contributed by atoms with van der Waals surface area (Å²) in [5, 5.41) is 8.72. The van der Waals surface area contributed by atoms with Gasteiger partial charge in [-0.25, -0.2) is 0 Å². The van der Waals surface area contributed by atoms with E-state index in [4.69, 9.17) is 0 Å². The lowest BCUT2D eigenvalue weighted by atomic mass is 10.2. The molecule has 0 saturated heterocycles. The quantitative estimate of drug-likeness (QED) is 0.717. The van der Waals surface area contributed by atoms with E-state index in [9.17, 15) is 9.59 Å². The second-order valence-corrected chi connectivity index (χ2v) is 5.23. The second kappa shape index (κ2) is 8.64. The van der Waals surface area contributed by atoms with E-state index in [-0.39, 0.29) is 24.2 Å². The van der Waals surface area contributed by atoms with Crippen molar-refractivity contribution in [1.29, 1.82) is 0 Å². The van der Waals surface area contributed by atoms with E-state index in [0.29, 0.717) is 13.1 Å². The molecule has 1 aromatic carbocycles. The Balaban J connectivity index is 0.00000220. The SMILES string of the molecule is CC(=O)Nc1ccc(CNC(=O)CNCC2CC2)cc1.Cl. The Hall–Kier alpha value is -1.59. The highest BCUT2D eigenvalue weighted by molar-refractivity contribution is 5.88. The molecule has 0 heterocycles. The van der Waals surface area contributed by atoms with Gasteiger partial charge in [0.2, 0.25) is 11.8 Å². The molecule has 116 valence electrons. The van der Waals surface area contributed by atoms with E-state index in [1.165, 1.54) is 19.8 Å². The minimum atomic E-state index is -0.0900. The molecule has 0 bridgehead atoms. The molecular weight excluding hydrogens is 290 g/mol. The molecule has 0 radical (unpaired) electrons. The first-order chi connectivity index (χ1) is 9.63. The van der Waals surface area contributed by atoms with Crippen molar-refractivity contribution in [2.45, 2.75) is 26.3 Å². The van der Waals surface area contributed by atoms with Crippen LogP contribution in [0, 0.1) is 5.92 Å². The molecule has 0 atom stereocenters. The number of hydrogen-bond donors (Lipinski definition) is 3. The van der Waals surface area contributed by atoms with Crippen molar-refractivity contribution in [3.8, 4) is 0 Å². The number of nitrogens with one attached hydrogen (secondary N) is 3. The van der Waals surface area contributed by atoms with Crippen LogP contribution in [0.1, 0.15) is 25.3 Å². The summed E-state index contributed by atoms with van der Waals surface area (Å²) in [6.07, 6.45) is 2.57. The number of rotatable bonds is 7. The first-order valence-corrected chi connectivity index (χ1v) is 6.97. The summed E-state index contributed by atoms with van der Waals surface area (Å²) < 4.78 is 0. The molecule has 21 heavy (non-hydrogen) atoms. The van der Waals surface area contributed by atoms with Crippen molar-refractivity contribution in [3.05, 3.63) is 29.8 Å². The van der Waals surface area contributed by atoms with Crippen molar-refractivity contribution in [2.75, 3.05) is 18.4 Å². The molecular formula is C15H22ClN3O2. The van der Waals surface area contributed by atoms with E-state index in [1.807, 2.05) is 24.3 Å². The zero-order valence-corrected chi connectivity index (χ0v) is 13.0. The van der Waals surface area contributed by atoms with Crippen LogP contribution in [-0.4, -0.2) is 24.9 Å². The van der Waals surface area contributed by atoms with Gasteiger partial charge in [-0.3, -0.25) is 9.59 Å². The summed E-state index contributed by atoms with van der Waals surface area (Å²) in [4.78, 5) is 22.5.